The van der Waals surface area contributed by atoms with E-state index in [9.17, 15) is 19.8 Å². The number of fused-ring (bicyclic) bond motifs is 1. The van der Waals surface area contributed by atoms with Crippen LogP contribution in [0.2, 0.25) is 0 Å². The number of aromatic nitrogens is 2. The molecule has 26 heavy (non-hydrogen) atoms. The Labute approximate surface area is 149 Å². The lowest BCUT2D eigenvalue weighted by molar-refractivity contribution is 0.0811. The molecule has 7 nitrogen and oxygen atoms in total. The summed E-state index contributed by atoms with van der Waals surface area (Å²) >= 11 is 0. The fourth-order valence-corrected chi connectivity index (χ4v) is 2.74. The highest BCUT2D eigenvalue weighted by atomic mass is 16.3. The molecule has 1 atom stereocenters. The molecule has 1 aromatic carbocycles. The van der Waals surface area contributed by atoms with Crippen molar-refractivity contribution in [1.29, 1.82) is 0 Å². The second-order valence-electron chi connectivity index (χ2n) is 5.98. The highest BCUT2D eigenvalue weighted by Crippen LogP contribution is 2.24. The Bertz CT molecular complexity index is 997. The Hall–Kier alpha value is -3.19. The van der Waals surface area contributed by atoms with Gasteiger partial charge in [0.25, 0.3) is 11.5 Å². The first-order chi connectivity index (χ1) is 12.5. The van der Waals surface area contributed by atoms with Gasteiger partial charge in [-0.25, -0.2) is 4.98 Å². The molecule has 7 heteroatoms. The molecule has 3 rings (SSSR count). The van der Waals surface area contributed by atoms with Gasteiger partial charge in [0.2, 0.25) is 0 Å². The van der Waals surface area contributed by atoms with Crippen LogP contribution in [0.15, 0.2) is 53.6 Å². The molecular formula is C19H19N3O4. The van der Waals surface area contributed by atoms with E-state index in [0.717, 1.165) is 5.56 Å². The molecule has 0 radical (unpaired) electrons. The Morgan fingerprint density at radius 3 is 2.65 bits per heavy atom. The van der Waals surface area contributed by atoms with Crippen molar-refractivity contribution < 1.29 is 15.0 Å². The molecule has 1 amide bonds. The average Bonchev–Trinajstić information content (AvgIpc) is 2.62. The van der Waals surface area contributed by atoms with Gasteiger partial charge in [-0.15, -0.1) is 0 Å². The van der Waals surface area contributed by atoms with Crippen LogP contribution in [-0.4, -0.2) is 31.9 Å². The lowest BCUT2D eigenvalue weighted by Gasteiger charge is -2.11. The Morgan fingerprint density at radius 2 is 1.96 bits per heavy atom. The van der Waals surface area contributed by atoms with Crippen molar-refractivity contribution in [3.05, 3.63) is 70.4 Å². The zero-order chi connectivity index (χ0) is 18.7. The molecule has 0 bridgehead atoms. The number of nitrogens with one attached hydrogen (secondary N) is 1. The van der Waals surface area contributed by atoms with Gasteiger partial charge in [0, 0.05) is 24.3 Å². The Kier molecular flexibility index (Phi) is 4.99. The van der Waals surface area contributed by atoms with Gasteiger partial charge in [-0.05, 0) is 25.0 Å². The number of aryl methyl sites for hydroxylation is 2. The first-order valence-electron chi connectivity index (χ1n) is 8.21. The summed E-state index contributed by atoms with van der Waals surface area (Å²) in [5.74, 6) is -1.10. The highest BCUT2D eigenvalue weighted by Gasteiger charge is 2.18. The van der Waals surface area contributed by atoms with Crippen molar-refractivity contribution in [2.24, 2.45) is 0 Å². The highest BCUT2D eigenvalue weighted by molar-refractivity contribution is 6.01. The molecule has 1 unspecified atom stereocenters. The molecule has 3 N–H and O–H groups in total. The zero-order valence-corrected chi connectivity index (χ0v) is 14.2. The van der Waals surface area contributed by atoms with Gasteiger partial charge < -0.3 is 20.1 Å². The third-order valence-corrected chi connectivity index (χ3v) is 4.04. The van der Waals surface area contributed by atoms with Crippen molar-refractivity contribution in [3.8, 4) is 5.75 Å². The number of amides is 1. The minimum absolute atomic E-state index is 0.228. The van der Waals surface area contributed by atoms with Crippen molar-refractivity contribution >= 4 is 16.7 Å². The fraction of sp³-hybridized carbons (Fsp3) is 0.211. The van der Waals surface area contributed by atoms with Gasteiger partial charge in [0.05, 0.1) is 5.39 Å². The summed E-state index contributed by atoms with van der Waals surface area (Å²) in [5, 5.41) is 22.2. The first kappa shape index (κ1) is 17.6. The fourth-order valence-electron chi connectivity index (χ4n) is 2.74. The lowest BCUT2D eigenvalue weighted by Crippen LogP contribution is -2.32. The van der Waals surface area contributed by atoms with E-state index in [4.69, 9.17) is 0 Å². The zero-order valence-electron chi connectivity index (χ0n) is 14.2. The van der Waals surface area contributed by atoms with Crippen molar-refractivity contribution in [1.82, 2.24) is 14.9 Å². The van der Waals surface area contributed by atoms with Gasteiger partial charge in [-0.2, -0.15) is 0 Å². The van der Waals surface area contributed by atoms with Crippen molar-refractivity contribution in [2.45, 2.75) is 26.1 Å². The van der Waals surface area contributed by atoms with Crippen LogP contribution in [0.25, 0.3) is 10.8 Å². The molecule has 0 aliphatic carbocycles. The van der Waals surface area contributed by atoms with E-state index >= 15 is 0 Å². The molecular weight excluding hydrogens is 334 g/mol. The molecule has 134 valence electrons. The monoisotopic (exact) mass is 353 g/mol. The quantitative estimate of drug-likeness (QED) is 0.602. The smallest absolute Gasteiger partial charge is 0.275 e. The number of carbonyl (C=O) groups is 1. The standard InChI is InChI=1S/C19H19N3O4/c1-12(23)21-18(25)16-17(24)14-8-10-22(19(26)15(14)11-20-16)9-7-13-5-3-2-4-6-13/h2-6,8,10-12,23-24H,7,9H2,1H3,(H,21,25). The third kappa shape index (κ3) is 3.57. The number of nitrogens with zero attached hydrogens (tertiary/aromatic N) is 2. The molecule has 0 saturated heterocycles. The van der Waals surface area contributed by atoms with E-state index < -0.39 is 12.1 Å². The second-order valence-corrected chi connectivity index (χ2v) is 5.98. The van der Waals surface area contributed by atoms with Gasteiger partial charge in [-0.3, -0.25) is 9.59 Å². The molecule has 3 aromatic rings. The second kappa shape index (κ2) is 7.37. The molecule has 0 aliphatic heterocycles. The molecule has 2 heterocycles. The van der Waals surface area contributed by atoms with Crippen LogP contribution in [0.4, 0.5) is 0 Å². The number of aliphatic hydroxyl groups is 1. The van der Waals surface area contributed by atoms with Crippen molar-refractivity contribution in [3.63, 3.8) is 0 Å². The summed E-state index contributed by atoms with van der Waals surface area (Å²) in [6.45, 7) is 1.87. The summed E-state index contributed by atoms with van der Waals surface area (Å²) in [6, 6.07) is 11.4. The van der Waals surface area contributed by atoms with Crippen LogP contribution in [0, 0.1) is 0 Å². The molecule has 0 aliphatic rings. The predicted molar refractivity (Wildman–Crippen MR) is 97.0 cm³/mol. The Balaban J connectivity index is 1.92. The average molecular weight is 353 g/mol. The predicted octanol–water partition coefficient (Wildman–Crippen LogP) is 1.41. The molecule has 0 spiro atoms. The maximum absolute atomic E-state index is 12.6. The van der Waals surface area contributed by atoms with Gasteiger partial charge >= 0.3 is 0 Å². The summed E-state index contributed by atoms with van der Waals surface area (Å²) in [5.41, 5.74) is 0.592. The number of pyridine rings is 2. The SMILES string of the molecule is CC(O)NC(=O)c1ncc2c(=O)n(CCc3ccccc3)ccc2c1O. The number of aliphatic hydroxyl groups excluding tert-OH is 1. The van der Waals surface area contributed by atoms with Crippen LogP contribution in [-0.2, 0) is 13.0 Å². The summed E-state index contributed by atoms with van der Waals surface area (Å²) < 4.78 is 1.55. The minimum atomic E-state index is -1.08. The number of hydrogen-bond donors (Lipinski definition) is 3. The number of hydrogen-bond acceptors (Lipinski definition) is 5. The van der Waals surface area contributed by atoms with Crippen LogP contribution < -0.4 is 10.9 Å². The van der Waals surface area contributed by atoms with Crippen LogP contribution in [0.5, 0.6) is 5.75 Å². The summed E-state index contributed by atoms with van der Waals surface area (Å²) in [4.78, 5) is 28.5. The minimum Gasteiger partial charge on any atom is -0.505 e. The van der Waals surface area contributed by atoms with Crippen LogP contribution in [0.3, 0.4) is 0 Å². The lowest BCUT2D eigenvalue weighted by atomic mass is 10.1. The van der Waals surface area contributed by atoms with E-state index in [2.05, 4.69) is 10.3 Å². The number of aromatic hydroxyl groups is 1. The largest absolute Gasteiger partial charge is 0.505 e. The molecule has 0 fully saturated rings. The van der Waals surface area contributed by atoms with E-state index in [-0.39, 0.29) is 27.8 Å². The summed E-state index contributed by atoms with van der Waals surface area (Å²) in [7, 11) is 0. The maximum atomic E-state index is 12.6. The first-order valence-corrected chi connectivity index (χ1v) is 8.21. The number of carbonyl (C=O) groups excluding carboxylic acids is 1. The molecule has 0 saturated carbocycles. The van der Waals surface area contributed by atoms with E-state index in [0.29, 0.717) is 13.0 Å². The Morgan fingerprint density at radius 1 is 1.23 bits per heavy atom. The topological polar surface area (TPSA) is 104 Å². The van der Waals surface area contributed by atoms with Gasteiger partial charge in [0.15, 0.2) is 11.4 Å². The third-order valence-electron chi connectivity index (χ3n) is 4.04. The van der Waals surface area contributed by atoms with Crippen LogP contribution >= 0.6 is 0 Å². The molecule has 2 aromatic heterocycles. The van der Waals surface area contributed by atoms with E-state index in [1.54, 1.807) is 16.8 Å². The van der Waals surface area contributed by atoms with Gasteiger partial charge in [0.1, 0.15) is 6.23 Å². The maximum Gasteiger partial charge on any atom is 0.275 e. The van der Waals surface area contributed by atoms with Crippen molar-refractivity contribution in [2.75, 3.05) is 0 Å². The van der Waals surface area contributed by atoms with Gasteiger partial charge in [-0.1, -0.05) is 30.3 Å². The number of benzene rings is 1. The van der Waals surface area contributed by atoms with Crippen LogP contribution in [0.1, 0.15) is 23.0 Å². The summed E-state index contributed by atoms with van der Waals surface area (Å²) in [6.07, 6.45) is 2.47. The van der Waals surface area contributed by atoms with E-state index in [1.807, 2.05) is 30.3 Å². The number of rotatable bonds is 5. The van der Waals surface area contributed by atoms with E-state index in [1.165, 1.54) is 13.1 Å². The normalized spacial score (nSPS) is 12.1.